The molecule has 1 heterocycles. The fourth-order valence-electron chi connectivity index (χ4n) is 2.24. The molecule has 1 atom stereocenters. The summed E-state index contributed by atoms with van der Waals surface area (Å²) in [7, 11) is 1.81. The molecule has 0 spiro atoms. The summed E-state index contributed by atoms with van der Waals surface area (Å²) in [5, 5.41) is 11.8. The molecule has 9 heteroatoms. The molecule has 0 fully saturated rings. The van der Waals surface area contributed by atoms with Crippen LogP contribution in [-0.4, -0.2) is 25.9 Å². The maximum Gasteiger partial charge on any atom is 0.237 e. The summed E-state index contributed by atoms with van der Waals surface area (Å²) >= 11 is 7.13. The standard InChI is InChI=1S/C19H18ClFN4O2S/c1-12(18(26)22-15-7-5-14(21)6-8-15)28-19-24-23-17(25(19)2)11-27-16-9-3-13(20)4-10-16/h3-10,12H,11H2,1-2H3,(H,22,26)/t12-/m1/s1. The molecule has 28 heavy (non-hydrogen) atoms. The molecule has 0 bridgehead atoms. The van der Waals surface area contributed by atoms with Gasteiger partial charge in [-0.2, -0.15) is 0 Å². The number of aromatic nitrogens is 3. The van der Waals surface area contributed by atoms with Crippen LogP contribution in [0.5, 0.6) is 5.75 Å². The number of thioether (sulfide) groups is 1. The van der Waals surface area contributed by atoms with E-state index in [0.29, 0.717) is 27.4 Å². The number of rotatable bonds is 7. The zero-order valence-corrected chi connectivity index (χ0v) is 16.8. The van der Waals surface area contributed by atoms with Crippen LogP contribution in [0.4, 0.5) is 10.1 Å². The number of ether oxygens (including phenoxy) is 1. The molecule has 0 unspecified atom stereocenters. The summed E-state index contributed by atoms with van der Waals surface area (Å²) in [5.41, 5.74) is 0.536. The smallest absolute Gasteiger partial charge is 0.237 e. The Kier molecular flexibility index (Phi) is 6.53. The molecule has 0 aliphatic carbocycles. The van der Waals surface area contributed by atoms with Crippen molar-refractivity contribution < 1.29 is 13.9 Å². The highest BCUT2D eigenvalue weighted by molar-refractivity contribution is 8.00. The van der Waals surface area contributed by atoms with E-state index in [0.717, 1.165) is 0 Å². The van der Waals surface area contributed by atoms with Crippen molar-refractivity contribution in [2.75, 3.05) is 5.32 Å². The highest BCUT2D eigenvalue weighted by Crippen LogP contribution is 2.23. The molecule has 0 aliphatic heterocycles. The number of amides is 1. The molecule has 146 valence electrons. The van der Waals surface area contributed by atoms with E-state index in [9.17, 15) is 9.18 Å². The zero-order chi connectivity index (χ0) is 20.1. The van der Waals surface area contributed by atoms with Gasteiger partial charge in [0.15, 0.2) is 11.0 Å². The van der Waals surface area contributed by atoms with Gasteiger partial charge < -0.3 is 14.6 Å². The SMILES string of the molecule is C[C@@H](Sc1nnc(COc2ccc(Cl)cc2)n1C)C(=O)Nc1ccc(F)cc1. The maximum absolute atomic E-state index is 13.0. The van der Waals surface area contributed by atoms with Crippen LogP contribution in [0.25, 0.3) is 0 Å². The molecule has 0 saturated heterocycles. The van der Waals surface area contributed by atoms with Crippen LogP contribution >= 0.6 is 23.4 Å². The summed E-state index contributed by atoms with van der Waals surface area (Å²) in [4.78, 5) is 12.3. The Morgan fingerprint density at radius 2 is 1.89 bits per heavy atom. The van der Waals surface area contributed by atoms with E-state index in [-0.39, 0.29) is 18.3 Å². The van der Waals surface area contributed by atoms with E-state index in [1.807, 2.05) is 7.05 Å². The van der Waals surface area contributed by atoms with Crippen molar-refractivity contribution in [3.63, 3.8) is 0 Å². The van der Waals surface area contributed by atoms with Gasteiger partial charge in [-0.05, 0) is 55.5 Å². The summed E-state index contributed by atoms with van der Waals surface area (Å²) in [6.45, 7) is 2.00. The van der Waals surface area contributed by atoms with Gasteiger partial charge in [0.05, 0.1) is 5.25 Å². The summed E-state index contributed by atoms with van der Waals surface area (Å²) in [5.74, 6) is 0.740. The second-order valence-electron chi connectivity index (χ2n) is 5.96. The monoisotopic (exact) mass is 420 g/mol. The van der Waals surface area contributed by atoms with Gasteiger partial charge in [-0.15, -0.1) is 10.2 Å². The average Bonchev–Trinajstić information content (AvgIpc) is 3.03. The Labute approximate surface area is 171 Å². The molecule has 2 aromatic carbocycles. The number of nitrogens with zero attached hydrogens (tertiary/aromatic N) is 3. The Bertz CT molecular complexity index is 948. The van der Waals surface area contributed by atoms with Crippen LogP contribution in [-0.2, 0) is 18.4 Å². The van der Waals surface area contributed by atoms with Crippen molar-refractivity contribution in [2.24, 2.45) is 7.05 Å². The Morgan fingerprint density at radius 1 is 1.21 bits per heavy atom. The lowest BCUT2D eigenvalue weighted by molar-refractivity contribution is -0.115. The first-order valence-electron chi connectivity index (χ1n) is 8.42. The molecule has 0 aliphatic rings. The third-order valence-corrected chi connectivity index (χ3v) is 5.26. The molecular weight excluding hydrogens is 403 g/mol. The predicted molar refractivity (Wildman–Crippen MR) is 107 cm³/mol. The van der Waals surface area contributed by atoms with Crippen LogP contribution in [0.15, 0.2) is 53.7 Å². The lowest BCUT2D eigenvalue weighted by atomic mass is 10.3. The van der Waals surface area contributed by atoms with Crippen molar-refractivity contribution in [1.29, 1.82) is 0 Å². The number of hydrogen-bond donors (Lipinski definition) is 1. The van der Waals surface area contributed by atoms with Gasteiger partial charge in [0.2, 0.25) is 5.91 Å². The Morgan fingerprint density at radius 3 is 2.57 bits per heavy atom. The van der Waals surface area contributed by atoms with E-state index in [1.54, 1.807) is 35.8 Å². The number of nitrogens with one attached hydrogen (secondary N) is 1. The first-order chi connectivity index (χ1) is 13.4. The second kappa shape index (κ2) is 9.07. The lowest BCUT2D eigenvalue weighted by Crippen LogP contribution is -2.22. The van der Waals surface area contributed by atoms with Gasteiger partial charge in [-0.3, -0.25) is 4.79 Å². The van der Waals surface area contributed by atoms with E-state index >= 15 is 0 Å². The Hall–Kier alpha value is -2.58. The lowest BCUT2D eigenvalue weighted by Gasteiger charge is -2.12. The summed E-state index contributed by atoms with van der Waals surface area (Å²) in [6, 6.07) is 12.7. The number of benzene rings is 2. The highest BCUT2D eigenvalue weighted by Gasteiger charge is 2.19. The van der Waals surface area contributed by atoms with E-state index < -0.39 is 5.25 Å². The molecule has 6 nitrogen and oxygen atoms in total. The van der Waals surface area contributed by atoms with Gasteiger partial charge in [0.25, 0.3) is 0 Å². The minimum absolute atomic E-state index is 0.210. The molecule has 3 aromatic rings. The molecule has 0 saturated carbocycles. The minimum Gasteiger partial charge on any atom is -0.486 e. The second-order valence-corrected chi connectivity index (χ2v) is 7.70. The quantitative estimate of drug-likeness (QED) is 0.577. The molecule has 3 rings (SSSR count). The van der Waals surface area contributed by atoms with E-state index in [2.05, 4.69) is 15.5 Å². The molecule has 0 radical (unpaired) electrons. The normalized spacial score (nSPS) is 11.9. The fourth-order valence-corrected chi connectivity index (χ4v) is 3.20. The number of anilines is 1. The van der Waals surface area contributed by atoms with Crippen molar-refractivity contribution in [3.05, 3.63) is 65.2 Å². The summed E-state index contributed by atoms with van der Waals surface area (Å²) < 4.78 is 20.4. The van der Waals surface area contributed by atoms with E-state index in [1.165, 1.54) is 36.0 Å². The Balaban J connectivity index is 1.57. The molecular formula is C19H18ClFN4O2S. The average molecular weight is 421 g/mol. The van der Waals surface area contributed by atoms with Crippen LogP contribution < -0.4 is 10.1 Å². The van der Waals surface area contributed by atoms with Crippen LogP contribution in [0.2, 0.25) is 5.02 Å². The van der Waals surface area contributed by atoms with E-state index in [4.69, 9.17) is 16.3 Å². The first kappa shape index (κ1) is 20.2. The molecule has 1 amide bonds. The zero-order valence-electron chi connectivity index (χ0n) is 15.2. The topological polar surface area (TPSA) is 69.0 Å². The van der Waals surface area contributed by atoms with Gasteiger partial charge in [-0.25, -0.2) is 4.39 Å². The van der Waals surface area contributed by atoms with Gasteiger partial charge in [0, 0.05) is 17.8 Å². The summed E-state index contributed by atoms with van der Waals surface area (Å²) in [6.07, 6.45) is 0. The number of halogens is 2. The van der Waals surface area contributed by atoms with Crippen molar-refractivity contribution in [2.45, 2.75) is 23.9 Å². The first-order valence-corrected chi connectivity index (χ1v) is 9.68. The highest BCUT2D eigenvalue weighted by atomic mass is 35.5. The number of hydrogen-bond acceptors (Lipinski definition) is 5. The van der Waals surface area contributed by atoms with Crippen LogP contribution in [0.1, 0.15) is 12.7 Å². The predicted octanol–water partition coefficient (Wildman–Crippen LogP) is 4.31. The van der Waals surface area contributed by atoms with Crippen LogP contribution in [0, 0.1) is 5.82 Å². The van der Waals surface area contributed by atoms with Gasteiger partial charge >= 0.3 is 0 Å². The third-order valence-electron chi connectivity index (χ3n) is 3.87. The maximum atomic E-state index is 13.0. The number of carbonyl (C=O) groups excluding carboxylic acids is 1. The fraction of sp³-hybridized carbons (Fsp3) is 0.211. The molecule has 1 aromatic heterocycles. The van der Waals surface area contributed by atoms with Crippen molar-refractivity contribution in [3.8, 4) is 5.75 Å². The van der Waals surface area contributed by atoms with Gasteiger partial charge in [-0.1, -0.05) is 23.4 Å². The third kappa shape index (κ3) is 5.24. The minimum atomic E-state index is -0.419. The molecule has 1 N–H and O–H groups in total. The van der Waals surface area contributed by atoms with Crippen molar-refractivity contribution in [1.82, 2.24) is 14.8 Å². The van der Waals surface area contributed by atoms with Crippen LogP contribution in [0.3, 0.4) is 0 Å². The largest absolute Gasteiger partial charge is 0.486 e. The van der Waals surface area contributed by atoms with Gasteiger partial charge in [0.1, 0.15) is 18.2 Å². The van der Waals surface area contributed by atoms with Crippen molar-refractivity contribution >= 4 is 35.0 Å². The number of carbonyl (C=O) groups is 1.